The number of morpholine rings is 1. The molecule has 20 heavy (non-hydrogen) atoms. The zero-order chi connectivity index (χ0) is 14.9. The molecule has 1 aliphatic heterocycles. The zero-order valence-electron chi connectivity index (χ0n) is 13.3. The number of nitrogens with zero attached hydrogens (tertiary/aromatic N) is 1. The Bertz CT molecular complexity index is 443. The summed E-state index contributed by atoms with van der Waals surface area (Å²) >= 11 is 1.87. The summed E-state index contributed by atoms with van der Waals surface area (Å²) in [6.45, 7) is 12.7. The summed E-state index contributed by atoms with van der Waals surface area (Å²) in [5.41, 5.74) is 6.35. The summed E-state index contributed by atoms with van der Waals surface area (Å²) < 4.78 is 6.03. The van der Waals surface area contributed by atoms with E-state index in [1.807, 2.05) is 11.3 Å². The van der Waals surface area contributed by atoms with Crippen LogP contribution in [0, 0.1) is 6.92 Å². The van der Waals surface area contributed by atoms with Gasteiger partial charge < -0.3 is 10.5 Å². The zero-order valence-corrected chi connectivity index (χ0v) is 14.2. The second-order valence-corrected chi connectivity index (χ2v) is 7.90. The summed E-state index contributed by atoms with van der Waals surface area (Å²) in [4.78, 5) is 5.27. The largest absolute Gasteiger partial charge is 0.370 e. The van der Waals surface area contributed by atoms with Crippen LogP contribution >= 0.6 is 11.3 Å². The first-order valence-electron chi connectivity index (χ1n) is 7.56. The molecule has 1 aromatic rings. The fourth-order valence-electron chi connectivity index (χ4n) is 3.21. The number of aryl methyl sites for hydroxylation is 1. The fourth-order valence-corrected chi connectivity index (χ4v) is 4.30. The Labute approximate surface area is 127 Å². The molecule has 0 aliphatic carbocycles. The molecule has 2 rings (SSSR count). The average Bonchev–Trinajstić information content (AvgIpc) is 2.73. The highest BCUT2D eigenvalue weighted by molar-refractivity contribution is 7.12. The predicted octanol–water partition coefficient (Wildman–Crippen LogP) is 3.33. The van der Waals surface area contributed by atoms with Crippen LogP contribution in [0.1, 0.15) is 49.9 Å². The maximum absolute atomic E-state index is 6.45. The molecule has 2 heterocycles. The molecular formula is C16H28N2OS. The second-order valence-electron chi connectivity index (χ2n) is 6.58. The standard InChI is InChI=1S/C16H28N2OS/c1-6-13(17)15(14-8-7-12(3)20-14)18-9-11(2)19-16(4,5)10-18/h7-8,11,13,15H,6,9-10,17H2,1-5H3. The van der Waals surface area contributed by atoms with Crippen molar-refractivity contribution in [1.82, 2.24) is 4.90 Å². The van der Waals surface area contributed by atoms with Crippen molar-refractivity contribution < 1.29 is 4.74 Å². The van der Waals surface area contributed by atoms with E-state index in [1.165, 1.54) is 9.75 Å². The minimum atomic E-state index is -0.102. The van der Waals surface area contributed by atoms with Gasteiger partial charge in [-0.2, -0.15) is 0 Å². The van der Waals surface area contributed by atoms with Gasteiger partial charge in [0.2, 0.25) is 0 Å². The van der Waals surface area contributed by atoms with Crippen molar-refractivity contribution in [2.24, 2.45) is 5.73 Å². The molecule has 3 atom stereocenters. The second kappa shape index (κ2) is 6.14. The smallest absolute Gasteiger partial charge is 0.0757 e. The van der Waals surface area contributed by atoms with Gasteiger partial charge in [0.1, 0.15) is 0 Å². The Morgan fingerprint density at radius 3 is 2.70 bits per heavy atom. The quantitative estimate of drug-likeness (QED) is 0.926. The van der Waals surface area contributed by atoms with E-state index in [9.17, 15) is 0 Å². The Balaban J connectivity index is 2.27. The third-order valence-electron chi connectivity index (χ3n) is 3.92. The van der Waals surface area contributed by atoms with Crippen LogP contribution < -0.4 is 5.73 Å². The van der Waals surface area contributed by atoms with E-state index in [4.69, 9.17) is 10.5 Å². The highest BCUT2D eigenvalue weighted by Gasteiger charge is 2.37. The van der Waals surface area contributed by atoms with Gasteiger partial charge in [0.15, 0.2) is 0 Å². The summed E-state index contributed by atoms with van der Waals surface area (Å²) in [6.07, 6.45) is 1.25. The molecule has 0 saturated carbocycles. The molecule has 2 N–H and O–H groups in total. The van der Waals surface area contributed by atoms with Crippen molar-refractivity contribution in [2.75, 3.05) is 13.1 Å². The lowest BCUT2D eigenvalue weighted by Crippen LogP contribution is -2.55. The van der Waals surface area contributed by atoms with E-state index in [1.54, 1.807) is 0 Å². The number of thiophene rings is 1. The van der Waals surface area contributed by atoms with E-state index in [2.05, 4.69) is 51.7 Å². The number of nitrogens with two attached hydrogens (primary N) is 1. The summed E-state index contributed by atoms with van der Waals surface area (Å²) in [6, 6.07) is 4.93. The van der Waals surface area contributed by atoms with E-state index >= 15 is 0 Å². The Kier molecular flexibility index (Phi) is 4.90. The SMILES string of the molecule is CCC(N)C(c1ccc(C)s1)N1CC(C)OC(C)(C)C1. The van der Waals surface area contributed by atoms with Gasteiger partial charge in [-0.1, -0.05) is 6.92 Å². The molecule has 3 unspecified atom stereocenters. The molecule has 0 aromatic carbocycles. The monoisotopic (exact) mass is 296 g/mol. The normalized spacial score (nSPS) is 26.4. The van der Waals surface area contributed by atoms with Crippen LogP contribution in [0.2, 0.25) is 0 Å². The average molecular weight is 296 g/mol. The molecular weight excluding hydrogens is 268 g/mol. The third kappa shape index (κ3) is 3.61. The highest BCUT2D eigenvalue weighted by Crippen LogP contribution is 2.34. The van der Waals surface area contributed by atoms with Crippen LogP contribution in [0.3, 0.4) is 0 Å². The van der Waals surface area contributed by atoms with Gasteiger partial charge in [-0.15, -0.1) is 11.3 Å². The van der Waals surface area contributed by atoms with Crippen LogP contribution in [-0.4, -0.2) is 35.7 Å². The van der Waals surface area contributed by atoms with Gasteiger partial charge in [0, 0.05) is 28.9 Å². The first-order valence-corrected chi connectivity index (χ1v) is 8.38. The summed E-state index contributed by atoms with van der Waals surface area (Å²) in [7, 11) is 0. The van der Waals surface area contributed by atoms with Crippen molar-refractivity contribution in [2.45, 2.75) is 64.8 Å². The van der Waals surface area contributed by atoms with Gasteiger partial charge in [-0.25, -0.2) is 0 Å². The Morgan fingerprint density at radius 2 is 2.20 bits per heavy atom. The van der Waals surface area contributed by atoms with Crippen LogP contribution in [0.4, 0.5) is 0 Å². The van der Waals surface area contributed by atoms with E-state index in [0.717, 1.165) is 19.5 Å². The molecule has 1 saturated heterocycles. The van der Waals surface area contributed by atoms with Crippen molar-refractivity contribution in [3.8, 4) is 0 Å². The molecule has 0 bridgehead atoms. The van der Waals surface area contributed by atoms with E-state index in [0.29, 0.717) is 6.04 Å². The molecule has 0 spiro atoms. The molecule has 114 valence electrons. The lowest BCUT2D eigenvalue weighted by atomic mass is 9.98. The molecule has 1 aliphatic rings. The minimum Gasteiger partial charge on any atom is -0.370 e. The molecule has 3 nitrogen and oxygen atoms in total. The summed E-state index contributed by atoms with van der Waals surface area (Å²) in [5, 5.41) is 0. The molecule has 1 fully saturated rings. The summed E-state index contributed by atoms with van der Waals surface area (Å²) in [5.74, 6) is 0. The van der Waals surface area contributed by atoms with E-state index in [-0.39, 0.29) is 17.7 Å². The van der Waals surface area contributed by atoms with Gasteiger partial charge in [0.25, 0.3) is 0 Å². The molecule has 4 heteroatoms. The van der Waals surface area contributed by atoms with Crippen LogP contribution in [0.25, 0.3) is 0 Å². The van der Waals surface area contributed by atoms with E-state index < -0.39 is 0 Å². The van der Waals surface area contributed by atoms with Crippen LogP contribution in [0.15, 0.2) is 12.1 Å². The maximum atomic E-state index is 6.45. The molecule has 0 amide bonds. The van der Waals surface area contributed by atoms with Crippen molar-refractivity contribution in [1.29, 1.82) is 0 Å². The first kappa shape index (κ1) is 16.0. The van der Waals surface area contributed by atoms with Crippen LogP contribution in [0.5, 0.6) is 0 Å². The number of hydrogen-bond acceptors (Lipinski definition) is 4. The van der Waals surface area contributed by atoms with Crippen molar-refractivity contribution >= 4 is 11.3 Å². The van der Waals surface area contributed by atoms with Crippen molar-refractivity contribution in [3.63, 3.8) is 0 Å². The topological polar surface area (TPSA) is 38.5 Å². The van der Waals surface area contributed by atoms with Gasteiger partial charge in [0.05, 0.1) is 17.7 Å². The van der Waals surface area contributed by atoms with Gasteiger partial charge in [-0.05, 0) is 46.2 Å². The highest BCUT2D eigenvalue weighted by atomic mass is 32.1. The molecule has 1 aromatic heterocycles. The minimum absolute atomic E-state index is 0.102. The number of rotatable bonds is 4. The Hall–Kier alpha value is -0.420. The maximum Gasteiger partial charge on any atom is 0.0757 e. The first-order chi connectivity index (χ1) is 9.32. The number of ether oxygens (including phenoxy) is 1. The van der Waals surface area contributed by atoms with Crippen molar-refractivity contribution in [3.05, 3.63) is 21.9 Å². The molecule has 0 radical (unpaired) electrons. The predicted molar refractivity (Wildman–Crippen MR) is 86.3 cm³/mol. The Morgan fingerprint density at radius 1 is 1.50 bits per heavy atom. The van der Waals surface area contributed by atoms with Gasteiger partial charge >= 0.3 is 0 Å². The fraction of sp³-hybridized carbons (Fsp3) is 0.750. The lowest BCUT2D eigenvalue weighted by Gasteiger charge is -2.46. The lowest BCUT2D eigenvalue weighted by molar-refractivity contribution is -0.140. The van der Waals surface area contributed by atoms with Crippen LogP contribution in [-0.2, 0) is 4.74 Å². The third-order valence-corrected chi connectivity index (χ3v) is 4.99. The van der Waals surface area contributed by atoms with Gasteiger partial charge in [-0.3, -0.25) is 4.90 Å². The number of hydrogen-bond donors (Lipinski definition) is 1.